The number of amides is 3. The molecule has 4 rings (SSSR count). The summed E-state index contributed by atoms with van der Waals surface area (Å²) in [6.07, 6.45) is 4.84. The summed E-state index contributed by atoms with van der Waals surface area (Å²) in [7, 11) is -2.13. The molecule has 192 valence electrons. The molecule has 0 radical (unpaired) electrons. The van der Waals surface area contributed by atoms with Gasteiger partial charge in [0.1, 0.15) is 0 Å². The minimum atomic E-state index is -3.64. The van der Waals surface area contributed by atoms with Crippen LogP contribution in [0.1, 0.15) is 48.5 Å². The van der Waals surface area contributed by atoms with Crippen molar-refractivity contribution in [2.45, 2.75) is 37.5 Å². The van der Waals surface area contributed by atoms with Gasteiger partial charge in [-0.25, -0.2) is 17.7 Å². The third-order valence-corrected chi connectivity index (χ3v) is 8.64. The van der Waals surface area contributed by atoms with E-state index >= 15 is 0 Å². The summed E-state index contributed by atoms with van der Waals surface area (Å²) in [5, 5.41) is 9.41. The largest absolute Gasteiger partial charge is 0.341 e. The molecular weight excluding hydrogens is 480 g/mol. The maximum atomic E-state index is 13.2. The molecule has 0 bridgehead atoms. The standard InChI is InChI=1S/C25H32N6O4S/c1-4-29(5-2)24(32)22-17-27-31-15-12-19(16-23(22)31)18-10-13-30(14-11-18)36(34,35)21-8-6-20(7-9-21)28-25(33)26-3/h6-9,12,15-18H,4-5,10-11,13-14H2,1-3H3,(H2,26,28,33). The molecule has 0 spiro atoms. The van der Waals surface area contributed by atoms with Gasteiger partial charge in [-0.15, -0.1) is 0 Å². The van der Waals surface area contributed by atoms with Gasteiger partial charge in [-0.1, -0.05) is 0 Å². The number of rotatable bonds is 7. The van der Waals surface area contributed by atoms with E-state index in [1.165, 1.54) is 23.5 Å². The molecule has 1 aromatic carbocycles. The Bertz CT molecular complexity index is 1340. The van der Waals surface area contributed by atoms with Crippen molar-refractivity contribution in [2.24, 2.45) is 0 Å². The number of aromatic nitrogens is 2. The van der Waals surface area contributed by atoms with Gasteiger partial charge in [-0.2, -0.15) is 9.40 Å². The normalized spacial score (nSPS) is 15.1. The average Bonchev–Trinajstić information content (AvgIpc) is 3.33. The fourth-order valence-electron chi connectivity index (χ4n) is 4.58. The highest BCUT2D eigenvalue weighted by Crippen LogP contribution is 2.32. The molecule has 3 heterocycles. The Labute approximate surface area is 211 Å². The Kier molecular flexibility index (Phi) is 7.60. The summed E-state index contributed by atoms with van der Waals surface area (Å²) in [5.41, 5.74) is 2.94. The van der Waals surface area contributed by atoms with Crippen LogP contribution in [0.5, 0.6) is 0 Å². The molecule has 0 atom stereocenters. The zero-order valence-corrected chi connectivity index (χ0v) is 21.6. The highest BCUT2D eigenvalue weighted by atomic mass is 32.2. The molecule has 10 nitrogen and oxygen atoms in total. The van der Waals surface area contributed by atoms with Crippen LogP contribution in [0, 0.1) is 0 Å². The molecule has 2 N–H and O–H groups in total. The van der Waals surface area contributed by atoms with Gasteiger partial charge in [0.15, 0.2) is 0 Å². The SMILES string of the molecule is CCN(CC)C(=O)c1cnn2ccc(C3CCN(S(=O)(=O)c4ccc(NC(=O)NC)cc4)CC3)cc12. The number of hydrogen-bond acceptors (Lipinski definition) is 5. The number of fused-ring (bicyclic) bond motifs is 1. The molecule has 1 fully saturated rings. The van der Waals surface area contributed by atoms with Crippen LogP contribution in [0.25, 0.3) is 5.52 Å². The van der Waals surface area contributed by atoms with Crippen molar-refractivity contribution in [3.8, 4) is 0 Å². The number of sulfonamides is 1. The predicted octanol–water partition coefficient (Wildman–Crippen LogP) is 3.14. The first kappa shape index (κ1) is 25.6. The molecular formula is C25H32N6O4S. The number of carbonyl (C=O) groups excluding carboxylic acids is 2. The molecule has 1 aliphatic rings. The Morgan fingerprint density at radius 3 is 2.36 bits per heavy atom. The topological polar surface area (TPSA) is 116 Å². The highest BCUT2D eigenvalue weighted by Gasteiger charge is 2.30. The van der Waals surface area contributed by atoms with E-state index in [1.54, 1.807) is 27.7 Å². The van der Waals surface area contributed by atoms with Crippen molar-refractivity contribution < 1.29 is 18.0 Å². The number of nitrogens with zero attached hydrogens (tertiary/aromatic N) is 4. The molecule has 3 aromatic rings. The summed E-state index contributed by atoms with van der Waals surface area (Å²) in [6.45, 7) is 5.98. The molecule has 3 amide bonds. The van der Waals surface area contributed by atoms with E-state index < -0.39 is 10.0 Å². The van der Waals surface area contributed by atoms with Crippen molar-refractivity contribution in [2.75, 3.05) is 38.5 Å². The summed E-state index contributed by atoms with van der Waals surface area (Å²) < 4.78 is 29.6. The van der Waals surface area contributed by atoms with Gasteiger partial charge in [0.05, 0.1) is 22.2 Å². The number of piperidine rings is 1. The maximum Gasteiger partial charge on any atom is 0.318 e. The fourth-order valence-corrected chi connectivity index (χ4v) is 6.05. The summed E-state index contributed by atoms with van der Waals surface area (Å²) in [5.74, 6) is 0.150. The lowest BCUT2D eigenvalue weighted by Crippen LogP contribution is -2.37. The van der Waals surface area contributed by atoms with Crippen LogP contribution >= 0.6 is 0 Å². The lowest BCUT2D eigenvalue weighted by Gasteiger charge is -2.31. The Morgan fingerprint density at radius 1 is 1.08 bits per heavy atom. The molecule has 0 saturated carbocycles. The number of anilines is 1. The van der Waals surface area contributed by atoms with E-state index in [-0.39, 0.29) is 22.8 Å². The van der Waals surface area contributed by atoms with Gasteiger partial charge in [-0.3, -0.25) is 4.79 Å². The molecule has 1 saturated heterocycles. The second-order valence-corrected chi connectivity index (χ2v) is 10.7. The van der Waals surface area contributed by atoms with Crippen molar-refractivity contribution in [1.29, 1.82) is 0 Å². The van der Waals surface area contributed by atoms with Gasteiger partial charge in [-0.05, 0) is 74.6 Å². The van der Waals surface area contributed by atoms with E-state index in [9.17, 15) is 18.0 Å². The lowest BCUT2D eigenvalue weighted by molar-refractivity contribution is 0.0775. The average molecular weight is 513 g/mol. The van der Waals surface area contributed by atoms with Gasteiger partial charge in [0, 0.05) is 45.1 Å². The second-order valence-electron chi connectivity index (χ2n) is 8.73. The van der Waals surface area contributed by atoms with Crippen molar-refractivity contribution in [3.05, 3.63) is 59.9 Å². The number of pyridine rings is 1. The number of urea groups is 1. The van der Waals surface area contributed by atoms with Crippen LogP contribution in [0.15, 0.2) is 53.7 Å². The minimum Gasteiger partial charge on any atom is -0.341 e. The van der Waals surface area contributed by atoms with E-state index in [0.717, 1.165) is 11.1 Å². The van der Waals surface area contributed by atoms with E-state index in [0.29, 0.717) is 50.3 Å². The van der Waals surface area contributed by atoms with E-state index in [1.807, 2.05) is 32.2 Å². The zero-order valence-electron chi connectivity index (χ0n) is 20.8. The molecule has 2 aromatic heterocycles. The van der Waals surface area contributed by atoms with Crippen LogP contribution in [0.2, 0.25) is 0 Å². The Morgan fingerprint density at radius 2 is 1.75 bits per heavy atom. The van der Waals surface area contributed by atoms with Crippen LogP contribution in [0.4, 0.5) is 10.5 Å². The van der Waals surface area contributed by atoms with Crippen molar-refractivity contribution in [3.63, 3.8) is 0 Å². The molecule has 0 unspecified atom stereocenters. The van der Waals surface area contributed by atoms with Crippen LogP contribution in [-0.2, 0) is 10.0 Å². The monoisotopic (exact) mass is 512 g/mol. The lowest BCUT2D eigenvalue weighted by atomic mass is 9.90. The summed E-state index contributed by atoms with van der Waals surface area (Å²) >= 11 is 0. The first-order chi connectivity index (χ1) is 17.3. The van der Waals surface area contributed by atoms with Gasteiger partial charge in [0.2, 0.25) is 10.0 Å². The number of hydrogen-bond donors (Lipinski definition) is 2. The van der Waals surface area contributed by atoms with E-state index in [2.05, 4.69) is 15.7 Å². The first-order valence-electron chi connectivity index (χ1n) is 12.1. The minimum absolute atomic E-state index is 0.0374. The first-order valence-corrected chi connectivity index (χ1v) is 13.6. The molecule has 36 heavy (non-hydrogen) atoms. The molecule has 1 aliphatic heterocycles. The predicted molar refractivity (Wildman–Crippen MR) is 138 cm³/mol. The third kappa shape index (κ3) is 5.07. The Balaban J connectivity index is 1.46. The van der Waals surface area contributed by atoms with Gasteiger partial charge < -0.3 is 15.5 Å². The Hall–Kier alpha value is -3.44. The number of benzene rings is 1. The van der Waals surface area contributed by atoms with Gasteiger partial charge >= 0.3 is 6.03 Å². The second kappa shape index (κ2) is 10.7. The highest BCUT2D eigenvalue weighted by molar-refractivity contribution is 7.89. The smallest absolute Gasteiger partial charge is 0.318 e. The summed E-state index contributed by atoms with van der Waals surface area (Å²) in [4.78, 5) is 26.3. The maximum absolute atomic E-state index is 13.2. The fraction of sp³-hybridized carbons (Fsp3) is 0.400. The van der Waals surface area contributed by atoms with Crippen LogP contribution in [-0.4, -0.2) is 72.4 Å². The molecule has 11 heteroatoms. The quantitative estimate of drug-likeness (QED) is 0.505. The van der Waals surface area contributed by atoms with Crippen LogP contribution < -0.4 is 10.6 Å². The van der Waals surface area contributed by atoms with E-state index in [4.69, 9.17) is 0 Å². The van der Waals surface area contributed by atoms with Gasteiger partial charge in [0.25, 0.3) is 5.91 Å². The third-order valence-electron chi connectivity index (χ3n) is 6.73. The number of nitrogens with one attached hydrogen (secondary N) is 2. The van der Waals surface area contributed by atoms with Crippen molar-refractivity contribution in [1.82, 2.24) is 24.1 Å². The number of carbonyl (C=O) groups is 2. The van der Waals surface area contributed by atoms with Crippen molar-refractivity contribution >= 4 is 33.2 Å². The zero-order chi connectivity index (χ0) is 25.9. The molecule has 0 aliphatic carbocycles. The summed E-state index contributed by atoms with van der Waals surface area (Å²) in [6, 6.07) is 9.81. The van der Waals surface area contributed by atoms with Crippen LogP contribution in [0.3, 0.4) is 0 Å².